The third-order valence-electron chi connectivity index (χ3n) is 7.72. The van der Waals surface area contributed by atoms with Gasteiger partial charge in [0, 0.05) is 24.0 Å². The first-order valence-electron chi connectivity index (χ1n) is 14.8. The van der Waals surface area contributed by atoms with E-state index in [4.69, 9.17) is 14.2 Å². The molecule has 0 spiro atoms. The SMILES string of the molecule is CCCc1nc(CC)n(-c2ccc(OC(C)(C)C(C)=O)cc2)c(=O)c1Cc1ccc(-c2ccccc2-c2noc(=O)[nH]2)cc1. The van der Waals surface area contributed by atoms with Gasteiger partial charge in [0.1, 0.15) is 11.6 Å². The van der Waals surface area contributed by atoms with Crippen molar-refractivity contribution in [2.24, 2.45) is 0 Å². The largest absolute Gasteiger partial charge is 0.480 e. The molecule has 1 N–H and O–H groups in total. The molecule has 0 bridgehead atoms. The Hall–Kier alpha value is -5.05. The summed E-state index contributed by atoms with van der Waals surface area (Å²) in [5, 5.41) is 3.85. The molecule has 0 unspecified atom stereocenters. The number of benzene rings is 3. The number of Topliss-reactive ketones (excluding diaryl/α,β-unsaturated/α-hetero) is 1. The fraction of sp³-hybridized carbons (Fsp3) is 0.286. The molecule has 5 rings (SSSR count). The molecule has 0 amide bonds. The van der Waals surface area contributed by atoms with Crippen molar-refractivity contribution in [3.8, 4) is 34.0 Å². The normalized spacial score (nSPS) is 11.5. The smallest absolute Gasteiger partial charge is 0.439 e. The van der Waals surface area contributed by atoms with E-state index in [0.29, 0.717) is 47.9 Å². The fourth-order valence-electron chi connectivity index (χ4n) is 5.10. The minimum absolute atomic E-state index is 0.0741. The third-order valence-corrected chi connectivity index (χ3v) is 7.72. The van der Waals surface area contributed by atoms with Gasteiger partial charge in [-0.15, -0.1) is 0 Å². The number of carbonyl (C=O) groups excluding carboxylic acids is 1. The summed E-state index contributed by atoms with van der Waals surface area (Å²) in [4.78, 5) is 45.2. The molecule has 9 nitrogen and oxygen atoms in total. The van der Waals surface area contributed by atoms with Gasteiger partial charge in [0.05, 0.1) is 11.4 Å². The second-order valence-corrected chi connectivity index (χ2v) is 11.2. The maximum absolute atomic E-state index is 14.1. The molecule has 0 radical (unpaired) electrons. The number of hydrogen-bond acceptors (Lipinski definition) is 7. The molecule has 0 aliphatic heterocycles. The minimum Gasteiger partial charge on any atom is -0.480 e. The lowest BCUT2D eigenvalue weighted by Gasteiger charge is -2.23. The van der Waals surface area contributed by atoms with Crippen LogP contribution in [-0.2, 0) is 24.1 Å². The van der Waals surface area contributed by atoms with Crippen LogP contribution >= 0.6 is 0 Å². The van der Waals surface area contributed by atoms with Crippen molar-refractivity contribution in [1.82, 2.24) is 19.7 Å². The first-order valence-corrected chi connectivity index (χ1v) is 14.8. The highest BCUT2D eigenvalue weighted by Gasteiger charge is 2.26. The minimum atomic E-state index is -0.948. The number of carbonyl (C=O) groups is 1. The second-order valence-electron chi connectivity index (χ2n) is 11.2. The van der Waals surface area contributed by atoms with Crippen LogP contribution in [0.4, 0.5) is 0 Å². The van der Waals surface area contributed by atoms with E-state index in [-0.39, 0.29) is 11.3 Å². The number of aromatic amines is 1. The van der Waals surface area contributed by atoms with Crippen molar-refractivity contribution in [3.63, 3.8) is 0 Å². The van der Waals surface area contributed by atoms with Crippen LogP contribution < -0.4 is 16.1 Å². The van der Waals surface area contributed by atoms with Crippen molar-refractivity contribution in [2.75, 3.05) is 0 Å². The summed E-state index contributed by atoms with van der Waals surface area (Å²) in [5.74, 6) is 0.923. The molecule has 226 valence electrons. The summed E-state index contributed by atoms with van der Waals surface area (Å²) in [6, 6.07) is 22.8. The van der Waals surface area contributed by atoms with Crippen LogP contribution in [0.5, 0.6) is 5.75 Å². The average Bonchev–Trinajstić information content (AvgIpc) is 3.45. The van der Waals surface area contributed by atoms with Gasteiger partial charge in [-0.3, -0.25) is 23.7 Å². The lowest BCUT2D eigenvalue weighted by molar-refractivity contribution is -0.129. The topological polar surface area (TPSA) is 120 Å². The number of rotatable bonds is 11. The first kappa shape index (κ1) is 30.4. The second kappa shape index (κ2) is 12.7. The zero-order chi connectivity index (χ0) is 31.4. The number of nitrogens with zero attached hydrogens (tertiary/aromatic N) is 3. The van der Waals surface area contributed by atoms with Gasteiger partial charge in [0.2, 0.25) is 0 Å². The highest BCUT2D eigenvalue weighted by atomic mass is 16.5. The molecule has 2 heterocycles. The predicted octanol–water partition coefficient (Wildman–Crippen LogP) is 6.09. The number of nitrogens with one attached hydrogen (secondary N) is 1. The van der Waals surface area contributed by atoms with Crippen LogP contribution in [0, 0.1) is 0 Å². The van der Waals surface area contributed by atoms with Gasteiger partial charge in [-0.25, -0.2) is 9.78 Å². The Balaban J connectivity index is 1.49. The van der Waals surface area contributed by atoms with E-state index in [9.17, 15) is 14.4 Å². The summed E-state index contributed by atoms with van der Waals surface area (Å²) in [6.45, 7) is 9.04. The van der Waals surface area contributed by atoms with Crippen molar-refractivity contribution < 1.29 is 14.1 Å². The summed E-state index contributed by atoms with van der Waals surface area (Å²) < 4.78 is 12.3. The van der Waals surface area contributed by atoms with Gasteiger partial charge in [-0.2, -0.15) is 0 Å². The number of hydrogen-bond donors (Lipinski definition) is 1. The number of ketones is 1. The highest BCUT2D eigenvalue weighted by Crippen LogP contribution is 2.30. The van der Waals surface area contributed by atoms with E-state index in [1.165, 1.54) is 6.92 Å². The quantitative estimate of drug-likeness (QED) is 0.197. The Labute approximate surface area is 255 Å². The Bertz CT molecular complexity index is 1900. The summed E-state index contributed by atoms with van der Waals surface area (Å²) in [7, 11) is 0. The highest BCUT2D eigenvalue weighted by molar-refractivity contribution is 5.84. The number of aryl methyl sites for hydroxylation is 2. The number of ether oxygens (including phenoxy) is 1. The number of aromatic nitrogens is 4. The Morgan fingerprint density at radius 1 is 0.955 bits per heavy atom. The van der Waals surface area contributed by atoms with Crippen LogP contribution in [0.15, 0.2) is 86.9 Å². The van der Waals surface area contributed by atoms with Crippen LogP contribution in [0.1, 0.15) is 63.7 Å². The standard InChI is InChI=1S/C35H36N4O5/c1-6-10-30-29(21-23-13-15-24(16-14-23)27-11-8-9-12-28(27)32-37-34(42)44-38-32)33(41)39(31(7-2)36-30)25-17-19-26(20-18-25)43-35(4,5)22(3)40/h8-9,11-20H,6-7,10,21H2,1-5H3,(H,37,38,42). The van der Waals surface area contributed by atoms with Gasteiger partial charge in [-0.05, 0) is 68.1 Å². The van der Waals surface area contributed by atoms with Crippen molar-refractivity contribution in [2.45, 2.75) is 65.9 Å². The summed E-state index contributed by atoms with van der Waals surface area (Å²) >= 11 is 0. The Morgan fingerprint density at radius 3 is 2.23 bits per heavy atom. The van der Waals surface area contributed by atoms with Gasteiger partial charge in [-0.1, -0.05) is 74.0 Å². The van der Waals surface area contributed by atoms with Crippen LogP contribution in [0.2, 0.25) is 0 Å². The zero-order valence-electron chi connectivity index (χ0n) is 25.6. The molecule has 44 heavy (non-hydrogen) atoms. The van der Waals surface area contributed by atoms with Gasteiger partial charge in [0.15, 0.2) is 17.2 Å². The maximum atomic E-state index is 14.1. The van der Waals surface area contributed by atoms with Crippen LogP contribution in [-0.4, -0.2) is 31.1 Å². The van der Waals surface area contributed by atoms with Crippen LogP contribution in [0.3, 0.4) is 0 Å². The molecule has 9 heteroatoms. The molecule has 0 atom stereocenters. The summed E-state index contributed by atoms with van der Waals surface area (Å²) in [5.41, 5.74) is 4.68. The van der Waals surface area contributed by atoms with Crippen LogP contribution in [0.25, 0.3) is 28.2 Å². The molecule has 2 aromatic heterocycles. The van der Waals surface area contributed by atoms with Crippen molar-refractivity contribution in [3.05, 3.63) is 116 Å². The van der Waals surface area contributed by atoms with Gasteiger partial charge < -0.3 is 4.74 Å². The van der Waals surface area contributed by atoms with E-state index in [0.717, 1.165) is 34.4 Å². The average molecular weight is 593 g/mol. The molecule has 0 aliphatic carbocycles. The molecular weight excluding hydrogens is 556 g/mol. The molecule has 0 saturated carbocycles. The first-order chi connectivity index (χ1) is 21.1. The zero-order valence-corrected chi connectivity index (χ0v) is 25.6. The maximum Gasteiger partial charge on any atom is 0.439 e. The van der Waals surface area contributed by atoms with E-state index < -0.39 is 11.4 Å². The molecule has 3 aromatic carbocycles. The summed E-state index contributed by atoms with van der Waals surface area (Å²) in [6.07, 6.45) is 2.58. The Kier molecular flexibility index (Phi) is 8.76. The molecule has 5 aromatic rings. The van der Waals surface area contributed by atoms with Gasteiger partial charge >= 0.3 is 5.76 Å². The van der Waals surface area contributed by atoms with E-state index in [2.05, 4.69) is 17.1 Å². The third kappa shape index (κ3) is 6.32. The monoisotopic (exact) mass is 592 g/mol. The molecule has 0 aliphatic rings. The van der Waals surface area contributed by atoms with E-state index in [1.807, 2.05) is 67.6 Å². The lowest BCUT2D eigenvalue weighted by atomic mass is 9.96. The predicted molar refractivity (Wildman–Crippen MR) is 169 cm³/mol. The fourth-order valence-corrected chi connectivity index (χ4v) is 5.10. The Morgan fingerprint density at radius 2 is 1.64 bits per heavy atom. The molecular formula is C35H36N4O5. The van der Waals surface area contributed by atoms with E-state index >= 15 is 0 Å². The van der Waals surface area contributed by atoms with E-state index in [1.54, 1.807) is 30.5 Å². The number of H-pyrrole nitrogens is 1. The molecule has 0 saturated heterocycles. The van der Waals surface area contributed by atoms with Crippen molar-refractivity contribution >= 4 is 5.78 Å². The lowest BCUT2D eigenvalue weighted by Crippen LogP contribution is -2.36. The van der Waals surface area contributed by atoms with Gasteiger partial charge in [0.25, 0.3) is 5.56 Å². The van der Waals surface area contributed by atoms with Crippen molar-refractivity contribution in [1.29, 1.82) is 0 Å². The molecule has 0 fully saturated rings.